The van der Waals surface area contributed by atoms with Gasteiger partial charge in [0.2, 0.25) is 11.8 Å². The van der Waals surface area contributed by atoms with Gasteiger partial charge in [-0.2, -0.15) is 0 Å². The number of rotatable bonds is 6. The van der Waals surface area contributed by atoms with E-state index in [1.807, 2.05) is 36.4 Å². The van der Waals surface area contributed by atoms with Crippen molar-refractivity contribution in [3.05, 3.63) is 65.5 Å². The highest BCUT2D eigenvalue weighted by molar-refractivity contribution is 5.97. The number of morpholine rings is 1. The van der Waals surface area contributed by atoms with Crippen molar-refractivity contribution in [3.8, 4) is 0 Å². The van der Waals surface area contributed by atoms with Crippen LogP contribution in [0.2, 0.25) is 0 Å². The smallest absolute Gasteiger partial charge is 0.324 e. The molecule has 8 heteroatoms. The number of carbonyl (C=O) groups excluding carboxylic acids is 3. The van der Waals surface area contributed by atoms with Gasteiger partial charge in [-0.1, -0.05) is 36.4 Å². The van der Waals surface area contributed by atoms with E-state index in [2.05, 4.69) is 17.4 Å². The van der Waals surface area contributed by atoms with Crippen LogP contribution in [-0.4, -0.2) is 65.4 Å². The van der Waals surface area contributed by atoms with Crippen molar-refractivity contribution in [2.45, 2.75) is 25.4 Å². The summed E-state index contributed by atoms with van der Waals surface area (Å²) in [6, 6.07) is 15.6. The molecule has 2 aliphatic heterocycles. The third-order valence-electron chi connectivity index (χ3n) is 5.52. The zero-order chi connectivity index (χ0) is 21.6. The van der Waals surface area contributed by atoms with Gasteiger partial charge in [0.25, 0.3) is 0 Å². The highest BCUT2D eigenvalue weighted by atomic mass is 16.5. The average Bonchev–Trinajstić information content (AvgIpc) is 2.79. The Morgan fingerprint density at radius 2 is 1.97 bits per heavy atom. The van der Waals surface area contributed by atoms with Gasteiger partial charge in [0.1, 0.15) is 6.10 Å². The maximum absolute atomic E-state index is 12.7. The molecule has 0 spiro atoms. The van der Waals surface area contributed by atoms with Crippen molar-refractivity contribution in [1.29, 1.82) is 0 Å². The van der Waals surface area contributed by atoms with Crippen molar-refractivity contribution in [1.82, 2.24) is 20.1 Å². The van der Waals surface area contributed by atoms with Gasteiger partial charge in [0, 0.05) is 44.6 Å². The molecule has 0 bridgehead atoms. The quantitative estimate of drug-likeness (QED) is 0.768. The minimum atomic E-state index is -0.427. The Labute approximate surface area is 181 Å². The number of carbonyl (C=O) groups is 3. The zero-order valence-corrected chi connectivity index (χ0v) is 17.3. The molecule has 2 fully saturated rings. The normalized spacial score (nSPS) is 19.3. The minimum Gasteiger partial charge on any atom is -0.368 e. The summed E-state index contributed by atoms with van der Waals surface area (Å²) in [6.07, 6.45) is 0.807. The van der Waals surface area contributed by atoms with Crippen LogP contribution in [0.1, 0.15) is 35.9 Å². The van der Waals surface area contributed by atoms with Crippen LogP contribution in [0.4, 0.5) is 4.79 Å². The molecule has 4 amide bonds. The van der Waals surface area contributed by atoms with Gasteiger partial charge in [-0.25, -0.2) is 4.79 Å². The van der Waals surface area contributed by atoms with Crippen LogP contribution in [-0.2, 0) is 20.7 Å². The molecule has 3 heterocycles. The molecule has 0 saturated carbocycles. The summed E-state index contributed by atoms with van der Waals surface area (Å²) in [4.78, 5) is 44.1. The predicted molar refractivity (Wildman–Crippen MR) is 113 cm³/mol. The van der Waals surface area contributed by atoms with Gasteiger partial charge in [-0.05, 0) is 17.7 Å². The summed E-state index contributed by atoms with van der Waals surface area (Å²) < 4.78 is 5.89. The number of amides is 4. The van der Waals surface area contributed by atoms with E-state index >= 15 is 0 Å². The van der Waals surface area contributed by atoms with Crippen LogP contribution in [0.15, 0.2) is 48.5 Å². The number of pyridine rings is 1. The Hall–Kier alpha value is -3.26. The molecule has 0 radical (unpaired) electrons. The van der Waals surface area contributed by atoms with Crippen LogP contribution >= 0.6 is 0 Å². The number of urea groups is 1. The molecule has 2 saturated heterocycles. The van der Waals surface area contributed by atoms with Crippen LogP contribution in [0, 0.1) is 0 Å². The van der Waals surface area contributed by atoms with Crippen molar-refractivity contribution < 1.29 is 19.1 Å². The molecule has 0 unspecified atom stereocenters. The van der Waals surface area contributed by atoms with Gasteiger partial charge < -0.3 is 15.0 Å². The van der Waals surface area contributed by atoms with E-state index < -0.39 is 6.03 Å². The largest absolute Gasteiger partial charge is 0.368 e. The van der Waals surface area contributed by atoms with E-state index in [9.17, 15) is 14.4 Å². The maximum atomic E-state index is 12.7. The number of nitrogens with one attached hydrogen (secondary N) is 1. The molecule has 4 rings (SSSR count). The number of nitrogens with zero attached hydrogens (tertiary/aromatic N) is 3. The van der Waals surface area contributed by atoms with Gasteiger partial charge in [-0.3, -0.25) is 19.5 Å². The number of hydrogen-bond donors (Lipinski definition) is 1. The first-order valence-electron chi connectivity index (χ1n) is 10.6. The van der Waals surface area contributed by atoms with E-state index in [4.69, 9.17) is 9.72 Å². The third-order valence-corrected chi connectivity index (χ3v) is 5.52. The van der Waals surface area contributed by atoms with Gasteiger partial charge >= 0.3 is 6.03 Å². The van der Waals surface area contributed by atoms with Crippen LogP contribution in [0.3, 0.4) is 0 Å². The Bertz CT molecular complexity index is 934. The summed E-state index contributed by atoms with van der Waals surface area (Å²) in [5.74, 6) is -0.337. The lowest BCUT2D eigenvalue weighted by atomic mass is 10.1. The fourth-order valence-electron chi connectivity index (χ4n) is 3.85. The molecule has 162 valence electrons. The van der Waals surface area contributed by atoms with Crippen LogP contribution in [0.25, 0.3) is 0 Å². The SMILES string of the molecule is O=C(CCN1C(=O)CCNC1=O)N1CCO[C@@H](c2cccc(Cc3ccccc3)n2)C1. The summed E-state index contributed by atoms with van der Waals surface area (Å²) in [7, 11) is 0. The van der Waals surface area contributed by atoms with E-state index in [0.717, 1.165) is 22.7 Å². The first-order valence-corrected chi connectivity index (χ1v) is 10.6. The lowest BCUT2D eigenvalue weighted by molar-refractivity contribution is -0.140. The molecule has 31 heavy (non-hydrogen) atoms. The van der Waals surface area contributed by atoms with Gasteiger partial charge in [0.15, 0.2) is 0 Å². The molecular weight excluding hydrogens is 396 g/mol. The van der Waals surface area contributed by atoms with Crippen molar-refractivity contribution in [3.63, 3.8) is 0 Å². The summed E-state index contributed by atoms with van der Waals surface area (Å²) in [5, 5.41) is 2.63. The Kier molecular flexibility index (Phi) is 6.57. The van der Waals surface area contributed by atoms with Gasteiger partial charge in [-0.15, -0.1) is 0 Å². The van der Waals surface area contributed by atoms with Crippen LogP contribution < -0.4 is 5.32 Å². The number of benzene rings is 1. The molecule has 2 aliphatic rings. The number of hydrogen-bond acceptors (Lipinski definition) is 5. The third kappa shape index (κ3) is 5.27. The van der Waals surface area contributed by atoms with E-state index in [1.54, 1.807) is 4.90 Å². The summed E-state index contributed by atoms with van der Waals surface area (Å²) in [6.45, 7) is 1.75. The monoisotopic (exact) mass is 422 g/mol. The Morgan fingerprint density at radius 1 is 1.13 bits per heavy atom. The second-order valence-corrected chi connectivity index (χ2v) is 7.69. The molecule has 2 aromatic rings. The summed E-state index contributed by atoms with van der Waals surface area (Å²) in [5.41, 5.74) is 2.94. The first-order chi connectivity index (χ1) is 15.1. The second kappa shape index (κ2) is 9.70. The standard InChI is InChI=1S/C23H26N4O4/c28-21(10-12-27-22(29)9-11-24-23(27)30)26-13-14-31-20(16-26)19-8-4-7-18(25-19)15-17-5-2-1-3-6-17/h1-8,20H,9-16H2,(H,24,30)/t20-/m1/s1. The lowest BCUT2D eigenvalue weighted by Crippen LogP contribution is -2.51. The van der Waals surface area contributed by atoms with Crippen LogP contribution in [0.5, 0.6) is 0 Å². The fraction of sp³-hybridized carbons (Fsp3) is 0.391. The zero-order valence-electron chi connectivity index (χ0n) is 17.3. The number of imide groups is 1. The second-order valence-electron chi connectivity index (χ2n) is 7.69. The van der Waals surface area contributed by atoms with Crippen molar-refractivity contribution in [2.24, 2.45) is 0 Å². The number of ether oxygens (including phenoxy) is 1. The van der Waals surface area contributed by atoms with E-state index in [0.29, 0.717) is 26.2 Å². The molecule has 0 aliphatic carbocycles. The minimum absolute atomic E-state index is 0.0936. The van der Waals surface area contributed by atoms with Gasteiger partial charge in [0.05, 0.1) is 18.8 Å². The molecule has 1 atom stereocenters. The van der Waals surface area contributed by atoms with Crippen molar-refractivity contribution >= 4 is 17.8 Å². The Balaban J connectivity index is 1.36. The average molecular weight is 422 g/mol. The highest BCUT2D eigenvalue weighted by Gasteiger charge is 2.29. The Morgan fingerprint density at radius 3 is 2.77 bits per heavy atom. The maximum Gasteiger partial charge on any atom is 0.324 e. The van der Waals surface area contributed by atoms with E-state index in [-0.39, 0.29) is 37.3 Å². The predicted octanol–water partition coefficient (Wildman–Crippen LogP) is 1.90. The summed E-state index contributed by atoms with van der Waals surface area (Å²) >= 11 is 0. The topological polar surface area (TPSA) is 91.8 Å². The molecule has 8 nitrogen and oxygen atoms in total. The lowest BCUT2D eigenvalue weighted by Gasteiger charge is -2.33. The number of aromatic nitrogens is 1. The first kappa shape index (κ1) is 21.0. The molecule has 1 aromatic heterocycles. The van der Waals surface area contributed by atoms with E-state index in [1.165, 1.54) is 5.56 Å². The highest BCUT2D eigenvalue weighted by Crippen LogP contribution is 2.22. The molecular formula is C23H26N4O4. The van der Waals surface area contributed by atoms with Crippen molar-refractivity contribution in [2.75, 3.05) is 32.8 Å². The molecule has 1 N–H and O–H groups in total. The molecule has 1 aromatic carbocycles. The fourth-order valence-corrected chi connectivity index (χ4v) is 3.85.